The number of benzene rings is 2. The molecule has 0 spiro atoms. The van der Waals surface area contributed by atoms with Crippen molar-refractivity contribution in [2.75, 3.05) is 24.5 Å². The summed E-state index contributed by atoms with van der Waals surface area (Å²) in [6.07, 6.45) is 1.87. The number of hydrogen-bond acceptors (Lipinski definition) is 3. The number of piperazine rings is 1. The average Bonchev–Trinajstić information content (AvgIpc) is 2.99. The molecule has 4 nitrogen and oxygen atoms in total. The van der Waals surface area contributed by atoms with Gasteiger partial charge in [-0.1, -0.05) is 0 Å². The minimum absolute atomic E-state index is 0.236. The zero-order valence-electron chi connectivity index (χ0n) is 13.0. The first-order chi connectivity index (χ1) is 11.2. The Balaban J connectivity index is 1.72. The molecule has 0 aliphatic carbocycles. The maximum absolute atomic E-state index is 13.1. The molecule has 1 aliphatic heterocycles. The van der Waals surface area contributed by atoms with E-state index in [4.69, 9.17) is 0 Å². The van der Waals surface area contributed by atoms with Gasteiger partial charge in [0.1, 0.15) is 5.82 Å². The third-order valence-corrected chi connectivity index (χ3v) is 4.46. The minimum Gasteiger partial charge on any atom is -0.366 e. The van der Waals surface area contributed by atoms with Crippen LogP contribution in [0.3, 0.4) is 0 Å². The molecule has 1 atom stereocenters. The molecule has 1 aromatic heterocycles. The molecule has 1 fully saturated rings. The van der Waals surface area contributed by atoms with Gasteiger partial charge in [0.25, 0.3) is 0 Å². The summed E-state index contributed by atoms with van der Waals surface area (Å²) < 4.78 is 14.9. The van der Waals surface area contributed by atoms with Crippen LogP contribution in [0, 0.1) is 5.82 Å². The van der Waals surface area contributed by atoms with Gasteiger partial charge in [0, 0.05) is 36.7 Å². The average molecular weight is 310 g/mol. The number of hydrogen-bond donors (Lipinski definition) is 1. The van der Waals surface area contributed by atoms with E-state index in [0.29, 0.717) is 6.04 Å². The molecule has 0 saturated carbocycles. The maximum atomic E-state index is 13.1. The molecule has 1 saturated heterocycles. The number of nitrogens with one attached hydrogen (secondary N) is 1. The summed E-state index contributed by atoms with van der Waals surface area (Å²) in [6, 6.07) is 13.3. The highest BCUT2D eigenvalue weighted by Crippen LogP contribution is 2.26. The minimum atomic E-state index is -0.236. The van der Waals surface area contributed by atoms with Gasteiger partial charge in [-0.2, -0.15) is 5.10 Å². The van der Waals surface area contributed by atoms with Crippen LogP contribution in [0.5, 0.6) is 0 Å². The first-order valence-corrected chi connectivity index (χ1v) is 7.93. The van der Waals surface area contributed by atoms with Crippen LogP contribution < -0.4 is 10.2 Å². The van der Waals surface area contributed by atoms with Gasteiger partial charge in [-0.05, 0) is 49.4 Å². The van der Waals surface area contributed by atoms with Gasteiger partial charge >= 0.3 is 0 Å². The van der Waals surface area contributed by atoms with Crippen LogP contribution in [0.15, 0.2) is 48.7 Å². The van der Waals surface area contributed by atoms with E-state index >= 15 is 0 Å². The van der Waals surface area contributed by atoms with E-state index in [-0.39, 0.29) is 5.82 Å². The van der Waals surface area contributed by atoms with Crippen LogP contribution in [0.4, 0.5) is 10.1 Å². The standard InChI is InChI=1S/C18H19FN4/c1-13-11-20-8-9-22(13)17-6-7-18-14(10-17)12-21-23(18)16-4-2-15(19)3-5-16/h2-7,10,12-13,20H,8-9,11H2,1H3/t13-/m1/s1. The van der Waals surface area contributed by atoms with Gasteiger partial charge in [0.05, 0.1) is 17.4 Å². The third kappa shape index (κ3) is 2.57. The lowest BCUT2D eigenvalue weighted by molar-refractivity contribution is 0.501. The van der Waals surface area contributed by atoms with E-state index < -0.39 is 0 Å². The van der Waals surface area contributed by atoms with E-state index in [1.54, 1.807) is 12.1 Å². The monoisotopic (exact) mass is 310 g/mol. The van der Waals surface area contributed by atoms with E-state index in [1.807, 2.05) is 10.9 Å². The summed E-state index contributed by atoms with van der Waals surface area (Å²) in [5.74, 6) is -0.236. The molecule has 2 heterocycles. The summed E-state index contributed by atoms with van der Waals surface area (Å²) in [6.45, 7) is 5.27. The Morgan fingerprint density at radius 3 is 2.70 bits per heavy atom. The second-order valence-electron chi connectivity index (χ2n) is 6.02. The van der Waals surface area contributed by atoms with E-state index in [2.05, 4.69) is 40.4 Å². The quantitative estimate of drug-likeness (QED) is 0.790. The second kappa shape index (κ2) is 5.66. The van der Waals surface area contributed by atoms with Crippen molar-refractivity contribution in [3.63, 3.8) is 0 Å². The van der Waals surface area contributed by atoms with Crippen molar-refractivity contribution < 1.29 is 4.39 Å². The lowest BCUT2D eigenvalue weighted by Crippen LogP contribution is -2.49. The summed E-state index contributed by atoms with van der Waals surface area (Å²) in [7, 11) is 0. The van der Waals surface area contributed by atoms with E-state index in [1.165, 1.54) is 17.8 Å². The molecule has 5 heteroatoms. The van der Waals surface area contributed by atoms with Crippen molar-refractivity contribution in [1.82, 2.24) is 15.1 Å². The highest BCUT2D eigenvalue weighted by Gasteiger charge is 2.18. The fourth-order valence-corrected chi connectivity index (χ4v) is 3.21. The van der Waals surface area contributed by atoms with Gasteiger partial charge in [-0.25, -0.2) is 9.07 Å². The molecular weight excluding hydrogens is 291 g/mol. The number of nitrogens with zero attached hydrogens (tertiary/aromatic N) is 3. The SMILES string of the molecule is C[C@@H]1CNCCN1c1ccc2c(cnn2-c2ccc(F)cc2)c1. The van der Waals surface area contributed by atoms with Crippen molar-refractivity contribution in [2.24, 2.45) is 0 Å². The molecular formula is C18H19FN4. The van der Waals surface area contributed by atoms with Gasteiger partial charge in [-0.3, -0.25) is 0 Å². The molecule has 0 bridgehead atoms. The highest BCUT2D eigenvalue weighted by molar-refractivity contribution is 5.84. The van der Waals surface area contributed by atoms with Crippen molar-refractivity contribution in [2.45, 2.75) is 13.0 Å². The second-order valence-corrected chi connectivity index (χ2v) is 6.02. The molecule has 4 rings (SSSR count). The molecule has 1 N–H and O–H groups in total. The molecule has 0 amide bonds. The zero-order chi connectivity index (χ0) is 15.8. The smallest absolute Gasteiger partial charge is 0.123 e. The Morgan fingerprint density at radius 2 is 1.91 bits per heavy atom. The van der Waals surface area contributed by atoms with Crippen molar-refractivity contribution >= 4 is 16.6 Å². The normalized spacial score (nSPS) is 18.5. The summed E-state index contributed by atoms with van der Waals surface area (Å²) >= 11 is 0. The Hall–Kier alpha value is -2.40. The van der Waals surface area contributed by atoms with Crippen LogP contribution in [-0.4, -0.2) is 35.5 Å². The number of rotatable bonds is 2. The fraction of sp³-hybridized carbons (Fsp3) is 0.278. The molecule has 1 aliphatic rings. The molecule has 0 unspecified atom stereocenters. The molecule has 3 aromatic rings. The Labute approximate surface area is 134 Å². The fourth-order valence-electron chi connectivity index (χ4n) is 3.21. The van der Waals surface area contributed by atoms with Crippen LogP contribution in [-0.2, 0) is 0 Å². The molecule has 0 radical (unpaired) electrons. The molecule has 118 valence electrons. The van der Waals surface area contributed by atoms with Crippen molar-refractivity contribution in [1.29, 1.82) is 0 Å². The van der Waals surface area contributed by atoms with Crippen LogP contribution in [0.25, 0.3) is 16.6 Å². The molecule has 2 aromatic carbocycles. The number of fused-ring (bicyclic) bond motifs is 1. The first kappa shape index (κ1) is 14.2. The van der Waals surface area contributed by atoms with Crippen LogP contribution in [0.1, 0.15) is 6.92 Å². The van der Waals surface area contributed by atoms with Gasteiger partial charge in [0.2, 0.25) is 0 Å². The Morgan fingerprint density at radius 1 is 1.13 bits per heavy atom. The van der Waals surface area contributed by atoms with Crippen molar-refractivity contribution in [3.8, 4) is 5.69 Å². The molecule has 23 heavy (non-hydrogen) atoms. The highest BCUT2D eigenvalue weighted by atomic mass is 19.1. The van der Waals surface area contributed by atoms with E-state index in [0.717, 1.165) is 36.2 Å². The Bertz CT molecular complexity index is 825. The summed E-state index contributed by atoms with van der Waals surface area (Å²) in [5.41, 5.74) is 3.12. The lowest BCUT2D eigenvalue weighted by Gasteiger charge is -2.36. The van der Waals surface area contributed by atoms with Crippen LogP contribution in [0.2, 0.25) is 0 Å². The number of aromatic nitrogens is 2. The van der Waals surface area contributed by atoms with Gasteiger partial charge < -0.3 is 10.2 Å². The number of halogens is 1. The third-order valence-electron chi connectivity index (χ3n) is 4.46. The van der Waals surface area contributed by atoms with Gasteiger partial charge in [0.15, 0.2) is 0 Å². The topological polar surface area (TPSA) is 33.1 Å². The first-order valence-electron chi connectivity index (χ1n) is 7.93. The number of anilines is 1. The zero-order valence-corrected chi connectivity index (χ0v) is 13.0. The van der Waals surface area contributed by atoms with Crippen molar-refractivity contribution in [3.05, 3.63) is 54.5 Å². The predicted molar refractivity (Wildman–Crippen MR) is 90.7 cm³/mol. The largest absolute Gasteiger partial charge is 0.366 e. The van der Waals surface area contributed by atoms with E-state index in [9.17, 15) is 4.39 Å². The summed E-state index contributed by atoms with van der Waals surface area (Å²) in [5, 5.41) is 8.97. The maximum Gasteiger partial charge on any atom is 0.123 e. The lowest BCUT2D eigenvalue weighted by atomic mass is 10.1. The Kier molecular flexibility index (Phi) is 3.50. The predicted octanol–water partition coefficient (Wildman–Crippen LogP) is 2.96. The van der Waals surface area contributed by atoms with Gasteiger partial charge in [-0.15, -0.1) is 0 Å². The van der Waals surface area contributed by atoms with Crippen LogP contribution >= 0.6 is 0 Å². The summed E-state index contributed by atoms with van der Waals surface area (Å²) in [4.78, 5) is 2.42.